The highest BCUT2D eigenvalue weighted by Gasteiger charge is 2.28. The second-order valence-corrected chi connectivity index (χ2v) is 6.28. The number of H-pyrrole nitrogens is 1. The van der Waals surface area contributed by atoms with E-state index in [0.717, 1.165) is 48.8 Å². The number of nitrogens with one attached hydrogen (secondary N) is 1. The molecule has 0 bridgehead atoms. The van der Waals surface area contributed by atoms with Gasteiger partial charge in [-0.15, -0.1) is 0 Å². The molecule has 2 aromatic heterocycles. The van der Waals surface area contributed by atoms with Gasteiger partial charge in [-0.2, -0.15) is 0 Å². The van der Waals surface area contributed by atoms with Crippen molar-refractivity contribution in [2.75, 3.05) is 20.6 Å². The van der Waals surface area contributed by atoms with E-state index in [1.165, 1.54) is 6.42 Å². The molecule has 6 nitrogen and oxygen atoms in total. The van der Waals surface area contributed by atoms with E-state index in [9.17, 15) is 0 Å². The van der Waals surface area contributed by atoms with E-state index in [0.29, 0.717) is 6.04 Å². The topological polar surface area (TPSA) is 60.9 Å². The van der Waals surface area contributed by atoms with Crippen molar-refractivity contribution < 1.29 is 0 Å². The summed E-state index contributed by atoms with van der Waals surface area (Å²) >= 11 is 0. The molecule has 1 aliphatic heterocycles. The number of imidazole rings is 1. The molecule has 0 aliphatic carbocycles. The minimum absolute atomic E-state index is 0.353. The number of aryl methyl sites for hydroxylation is 1. The molecule has 0 spiro atoms. The number of aromatic nitrogens is 4. The Hall–Kier alpha value is -1.79. The summed E-state index contributed by atoms with van der Waals surface area (Å²) in [5.74, 6) is 0. The summed E-state index contributed by atoms with van der Waals surface area (Å²) in [7, 11) is 4.10. The van der Waals surface area contributed by atoms with Gasteiger partial charge < -0.3 is 9.88 Å². The van der Waals surface area contributed by atoms with Crippen molar-refractivity contribution >= 4 is 0 Å². The lowest BCUT2D eigenvalue weighted by molar-refractivity contribution is 0.240. The number of nitrogens with zero attached hydrogens (tertiary/aromatic N) is 5. The van der Waals surface area contributed by atoms with Gasteiger partial charge in [0, 0.05) is 31.2 Å². The van der Waals surface area contributed by atoms with Gasteiger partial charge in [0.1, 0.15) is 0 Å². The zero-order chi connectivity index (χ0) is 15.5. The van der Waals surface area contributed by atoms with Crippen LogP contribution in [0.5, 0.6) is 0 Å². The van der Waals surface area contributed by atoms with Crippen LogP contribution in [0.4, 0.5) is 0 Å². The smallest absolute Gasteiger partial charge is 0.0925 e. The first-order valence-electron chi connectivity index (χ1n) is 7.82. The van der Waals surface area contributed by atoms with E-state index in [1.54, 1.807) is 6.33 Å². The van der Waals surface area contributed by atoms with Crippen molar-refractivity contribution in [3.05, 3.63) is 41.5 Å². The lowest BCUT2D eigenvalue weighted by Gasteiger charge is -2.23. The summed E-state index contributed by atoms with van der Waals surface area (Å²) < 4.78 is 0. The Morgan fingerprint density at radius 3 is 2.95 bits per heavy atom. The van der Waals surface area contributed by atoms with Gasteiger partial charge in [-0.3, -0.25) is 14.9 Å². The van der Waals surface area contributed by atoms with Gasteiger partial charge in [0.05, 0.1) is 29.5 Å². The minimum atomic E-state index is 0.353. The lowest BCUT2D eigenvalue weighted by Crippen LogP contribution is -2.24. The maximum atomic E-state index is 4.82. The van der Waals surface area contributed by atoms with Gasteiger partial charge in [-0.1, -0.05) is 0 Å². The summed E-state index contributed by atoms with van der Waals surface area (Å²) in [5.41, 5.74) is 4.40. The number of hydrogen-bond donors (Lipinski definition) is 1. The first-order chi connectivity index (χ1) is 10.6. The summed E-state index contributed by atoms with van der Waals surface area (Å²) in [6.45, 7) is 4.87. The second kappa shape index (κ2) is 6.54. The van der Waals surface area contributed by atoms with E-state index < -0.39 is 0 Å². The van der Waals surface area contributed by atoms with Crippen LogP contribution in [0.1, 0.15) is 41.7 Å². The molecule has 0 unspecified atom stereocenters. The van der Waals surface area contributed by atoms with Crippen molar-refractivity contribution in [3.63, 3.8) is 0 Å². The van der Waals surface area contributed by atoms with Crippen molar-refractivity contribution in [1.29, 1.82) is 0 Å². The van der Waals surface area contributed by atoms with Gasteiger partial charge in [0.15, 0.2) is 0 Å². The lowest BCUT2D eigenvalue weighted by atomic mass is 10.1. The fourth-order valence-corrected chi connectivity index (χ4v) is 3.07. The standard InChI is InChI=1S/C16H24N6/c1-12-15(19-11-18-12)10-22-6-4-5-16(22)14-8-17-7-13(20-14)9-21(2)3/h7-8,11,16H,4-6,9-10H2,1-3H3,(H,18,19)/t16-/m1/s1. The van der Waals surface area contributed by atoms with Gasteiger partial charge in [0.2, 0.25) is 0 Å². The van der Waals surface area contributed by atoms with E-state index in [2.05, 4.69) is 45.8 Å². The maximum Gasteiger partial charge on any atom is 0.0925 e. The second-order valence-electron chi connectivity index (χ2n) is 6.28. The highest BCUT2D eigenvalue weighted by molar-refractivity contribution is 5.13. The number of aromatic amines is 1. The van der Waals surface area contributed by atoms with Crippen molar-refractivity contribution in [2.24, 2.45) is 0 Å². The average Bonchev–Trinajstić information content (AvgIpc) is 3.09. The zero-order valence-corrected chi connectivity index (χ0v) is 13.6. The number of likely N-dealkylation sites (tertiary alicyclic amines) is 1. The third-order valence-electron chi connectivity index (χ3n) is 4.17. The molecule has 0 aromatic carbocycles. The van der Waals surface area contributed by atoms with Gasteiger partial charge in [-0.25, -0.2) is 4.98 Å². The van der Waals surface area contributed by atoms with E-state index in [4.69, 9.17) is 4.98 Å². The average molecular weight is 300 g/mol. The number of rotatable bonds is 5. The summed E-state index contributed by atoms with van der Waals surface area (Å²) in [6.07, 6.45) is 7.89. The van der Waals surface area contributed by atoms with E-state index in [1.807, 2.05) is 12.4 Å². The Bertz CT molecular complexity index is 621. The molecule has 2 aromatic rings. The summed E-state index contributed by atoms with van der Waals surface area (Å²) in [6, 6.07) is 0.353. The molecular weight excluding hydrogens is 276 g/mol. The maximum absolute atomic E-state index is 4.82. The Morgan fingerprint density at radius 1 is 1.36 bits per heavy atom. The SMILES string of the molecule is Cc1[nH]cnc1CN1CCC[C@@H]1c1cncc(CN(C)C)n1. The zero-order valence-electron chi connectivity index (χ0n) is 13.6. The molecule has 1 aliphatic rings. The third-order valence-corrected chi connectivity index (χ3v) is 4.17. The molecule has 118 valence electrons. The van der Waals surface area contributed by atoms with Crippen LogP contribution in [0, 0.1) is 6.92 Å². The molecule has 3 heterocycles. The van der Waals surface area contributed by atoms with Crippen LogP contribution in [0.2, 0.25) is 0 Å². The highest BCUT2D eigenvalue weighted by atomic mass is 15.2. The normalized spacial score (nSPS) is 19.2. The van der Waals surface area contributed by atoms with Crippen molar-refractivity contribution in [3.8, 4) is 0 Å². The Kier molecular flexibility index (Phi) is 4.49. The van der Waals surface area contributed by atoms with Crippen LogP contribution in [0.15, 0.2) is 18.7 Å². The Balaban J connectivity index is 1.76. The predicted molar refractivity (Wildman–Crippen MR) is 85.1 cm³/mol. The minimum Gasteiger partial charge on any atom is -0.348 e. The first kappa shape index (κ1) is 15.1. The molecule has 6 heteroatoms. The van der Waals surface area contributed by atoms with Crippen LogP contribution < -0.4 is 0 Å². The molecule has 3 rings (SSSR count). The largest absolute Gasteiger partial charge is 0.348 e. The monoisotopic (exact) mass is 300 g/mol. The van der Waals surface area contributed by atoms with E-state index >= 15 is 0 Å². The molecule has 1 N–H and O–H groups in total. The molecule has 1 fully saturated rings. The van der Waals surface area contributed by atoms with Crippen molar-refractivity contribution in [1.82, 2.24) is 29.7 Å². The van der Waals surface area contributed by atoms with Crippen LogP contribution in [-0.2, 0) is 13.1 Å². The first-order valence-corrected chi connectivity index (χ1v) is 7.82. The fourth-order valence-electron chi connectivity index (χ4n) is 3.07. The molecule has 1 saturated heterocycles. The quantitative estimate of drug-likeness (QED) is 0.914. The van der Waals surface area contributed by atoms with Crippen LogP contribution in [-0.4, -0.2) is 50.4 Å². The Morgan fingerprint density at radius 2 is 2.23 bits per heavy atom. The molecule has 22 heavy (non-hydrogen) atoms. The summed E-state index contributed by atoms with van der Waals surface area (Å²) in [5, 5.41) is 0. The third kappa shape index (κ3) is 3.34. The van der Waals surface area contributed by atoms with Gasteiger partial charge in [-0.05, 0) is 40.4 Å². The van der Waals surface area contributed by atoms with Crippen LogP contribution in [0.25, 0.3) is 0 Å². The van der Waals surface area contributed by atoms with Crippen LogP contribution >= 0.6 is 0 Å². The molecular formula is C16H24N6. The molecule has 0 saturated carbocycles. The summed E-state index contributed by atoms with van der Waals surface area (Å²) in [4.78, 5) is 21.4. The van der Waals surface area contributed by atoms with E-state index in [-0.39, 0.29) is 0 Å². The predicted octanol–water partition coefficient (Wildman–Crippen LogP) is 1.91. The fraction of sp³-hybridized carbons (Fsp3) is 0.562. The van der Waals surface area contributed by atoms with Crippen LogP contribution in [0.3, 0.4) is 0 Å². The number of hydrogen-bond acceptors (Lipinski definition) is 5. The highest BCUT2D eigenvalue weighted by Crippen LogP contribution is 2.31. The molecule has 1 atom stereocenters. The molecule has 0 amide bonds. The van der Waals surface area contributed by atoms with Gasteiger partial charge >= 0.3 is 0 Å². The van der Waals surface area contributed by atoms with Crippen molar-refractivity contribution in [2.45, 2.75) is 38.9 Å². The molecule has 0 radical (unpaired) electrons. The Labute approximate surface area is 131 Å². The van der Waals surface area contributed by atoms with Gasteiger partial charge in [0.25, 0.3) is 0 Å².